The monoisotopic (exact) mass is 275 g/mol. The molecule has 3 rings (SSSR count). The van der Waals surface area contributed by atoms with Gasteiger partial charge in [-0.1, -0.05) is 0 Å². The summed E-state index contributed by atoms with van der Waals surface area (Å²) in [5.74, 6) is 1.23. The van der Waals surface area contributed by atoms with Gasteiger partial charge in [-0.15, -0.1) is 0 Å². The van der Waals surface area contributed by atoms with Crippen LogP contribution in [0.25, 0.3) is 5.95 Å². The quantitative estimate of drug-likeness (QED) is 0.839. The van der Waals surface area contributed by atoms with Gasteiger partial charge in [-0.2, -0.15) is 15.0 Å². The van der Waals surface area contributed by atoms with Crippen molar-refractivity contribution >= 4 is 11.9 Å². The van der Waals surface area contributed by atoms with Crippen LogP contribution in [-0.2, 0) is 4.74 Å². The molecule has 2 aromatic rings. The van der Waals surface area contributed by atoms with Crippen LogP contribution in [0.15, 0.2) is 18.7 Å². The molecule has 1 saturated heterocycles. The number of ether oxygens (including phenoxy) is 1. The zero-order chi connectivity index (χ0) is 14.2. The van der Waals surface area contributed by atoms with Gasteiger partial charge in [-0.3, -0.25) is 4.57 Å². The lowest BCUT2D eigenvalue weighted by molar-refractivity contribution is -0.0281. The largest absolute Gasteiger partial charge is 0.372 e. The number of aromatic nitrogens is 5. The zero-order valence-electron chi connectivity index (χ0n) is 11.5. The van der Waals surface area contributed by atoms with Crippen molar-refractivity contribution in [2.45, 2.75) is 19.4 Å². The first-order chi connectivity index (χ1) is 9.53. The maximum Gasteiger partial charge on any atom is 0.241 e. The maximum atomic E-state index is 5.79. The van der Waals surface area contributed by atoms with Crippen molar-refractivity contribution in [3.8, 4) is 5.95 Å². The molecular weight excluding hydrogens is 258 g/mol. The summed E-state index contributed by atoms with van der Waals surface area (Å²) in [4.78, 5) is 18.8. The average molecular weight is 275 g/mol. The van der Waals surface area contributed by atoms with Crippen LogP contribution in [0.2, 0.25) is 0 Å². The Morgan fingerprint density at radius 1 is 1.25 bits per heavy atom. The van der Waals surface area contributed by atoms with Gasteiger partial charge in [0.15, 0.2) is 0 Å². The van der Waals surface area contributed by atoms with Crippen LogP contribution in [0.3, 0.4) is 0 Å². The fourth-order valence-corrected chi connectivity index (χ4v) is 2.19. The highest BCUT2D eigenvalue weighted by atomic mass is 16.5. The van der Waals surface area contributed by atoms with Gasteiger partial charge in [0.05, 0.1) is 12.2 Å². The first-order valence-electron chi connectivity index (χ1n) is 6.42. The Kier molecular flexibility index (Phi) is 3.01. The van der Waals surface area contributed by atoms with Crippen LogP contribution in [0.1, 0.15) is 13.8 Å². The molecule has 8 nitrogen and oxygen atoms in total. The topological polar surface area (TPSA) is 95.0 Å². The van der Waals surface area contributed by atoms with E-state index in [0.717, 1.165) is 6.54 Å². The second-order valence-corrected chi connectivity index (χ2v) is 5.29. The smallest absolute Gasteiger partial charge is 0.241 e. The van der Waals surface area contributed by atoms with E-state index in [0.29, 0.717) is 25.0 Å². The van der Waals surface area contributed by atoms with Crippen LogP contribution < -0.4 is 10.6 Å². The molecule has 1 aliphatic heterocycles. The number of anilines is 2. The van der Waals surface area contributed by atoms with Gasteiger partial charge in [0.2, 0.25) is 17.8 Å². The van der Waals surface area contributed by atoms with E-state index >= 15 is 0 Å². The third-order valence-corrected chi connectivity index (χ3v) is 3.07. The Balaban J connectivity index is 1.94. The predicted octanol–water partition coefficient (Wildman–Crippen LogP) is 0.255. The Hall–Kier alpha value is -2.22. The Morgan fingerprint density at radius 2 is 2.05 bits per heavy atom. The maximum absolute atomic E-state index is 5.79. The van der Waals surface area contributed by atoms with E-state index in [1.165, 1.54) is 0 Å². The summed E-state index contributed by atoms with van der Waals surface area (Å²) in [6, 6.07) is 0. The molecule has 0 aliphatic carbocycles. The van der Waals surface area contributed by atoms with Gasteiger partial charge >= 0.3 is 0 Å². The third-order valence-electron chi connectivity index (χ3n) is 3.07. The lowest BCUT2D eigenvalue weighted by Gasteiger charge is -2.38. The number of rotatable bonds is 2. The van der Waals surface area contributed by atoms with E-state index in [9.17, 15) is 0 Å². The number of hydrogen-bond donors (Lipinski definition) is 1. The minimum Gasteiger partial charge on any atom is -0.372 e. The zero-order valence-corrected chi connectivity index (χ0v) is 11.5. The average Bonchev–Trinajstić information content (AvgIpc) is 2.90. The van der Waals surface area contributed by atoms with Crippen molar-refractivity contribution in [1.29, 1.82) is 0 Å². The molecule has 0 spiro atoms. The van der Waals surface area contributed by atoms with Crippen LogP contribution in [0, 0.1) is 0 Å². The number of imidazole rings is 1. The third kappa shape index (κ3) is 2.55. The molecule has 0 radical (unpaired) electrons. The second-order valence-electron chi connectivity index (χ2n) is 5.29. The molecule has 1 aliphatic rings. The van der Waals surface area contributed by atoms with Crippen LogP contribution in [0.4, 0.5) is 11.9 Å². The SMILES string of the molecule is CC1(C)CN(c2nc(N)nc(-n3ccnc3)n2)CCO1. The molecule has 0 bridgehead atoms. The first kappa shape index (κ1) is 12.8. The Labute approximate surface area is 116 Å². The van der Waals surface area contributed by atoms with Gasteiger partial charge in [0, 0.05) is 25.5 Å². The molecule has 0 amide bonds. The number of morpholine rings is 1. The summed E-state index contributed by atoms with van der Waals surface area (Å²) in [5, 5.41) is 0. The van der Waals surface area contributed by atoms with Crippen molar-refractivity contribution in [2.75, 3.05) is 30.3 Å². The second kappa shape index (κ2) is 4.71. The van der Waals surface area contributed by atoms with E-state index in [2.05, 4.69) is 24.8 Å². The molecular formula is C12H17N7O. The number of hydrogen-bond acceptors (Lipinski definition) is 7. The summed E-state index contributed by atoms with van der Waals surface area (Å²) in [5.41, 5.74) is 5.56. The summed E-state index contributed by atoms with van der Waals surface area (Å²) in [6.07, 6.45) is 5.06. The molecule has 0 saturated carbocycles. The van der Waals surface area contributed by atoms with Crippen molar-refractivity contribution in [3.05, 3.63) is 18.7 Å². The van der Waals surface area contributed by atoms with E-state index in [4.69, 9.17) is 10.5 Å². The summed E-state index contributed by atoms with van der Waals surface area (Å²) >= 11 is 0. The van der Waals surface area contributed by atoms with E-state index in [-0.39, 0.29) is 11.5 Å². The minimum atomic E-state index is -0.227. The normalized spacial score (nSPS) is 18.2. The van der Waals surface area contributed by atoms with Crippen LogP contribution in [-0.4, -0.2) is 49.8 Å². The van der Waals surface area contributed by atoms with Crippen LogP contribution >= 0.6 is 0 Å². The summed E-state index contributed by atoms with van der Waals surface area (Å²) in [6.45, 7) is 6.16. The molecule has 8 heteroatoms. The molecule has 2 aromatic heterocycles. The standard InChI is InChI=1S/C12H17N7O/c1-12(2)7-18(5-6-20-12)10-15-9(13)16-11(17-10)19-4-3-14-8-19/h3-4,8H,5-7H2,1-2H3,(H2,13,15,16,17). The molecule has 0 aromatic carbocycles. The Morgan fingerprint density at radius 3 is 2.75 bits per heavy atom. The fraction of sp³-hybridized carbons (Fsp3) is 0.500. The van der Waals surface area contributed by atoms with Crippen LogP contribution in [0.5, 0.6) is 0 Å². The lowest BCUT2D eigenvalue weighted by atomic mass is 10.1. The van der Waals surface area contributed by atoms with Gasteiger partial charge in [-0.25, -0.2) is 4.98 Å². The molecule has 2 N–H and O–H groups in total. The van der Waals surface area contributed by atoms with Gasteiger partial charge in [0.25, 0.3) is 0 Å². The highest BCUT2D eigenvalue weighted by Crippen LogP contribution is 2.21. The molecule has 1 fully saturated rings. The van der Waals surface area contributed by atoms with Gasteiger partial charge < -0.3 is 15.4 Å². The van der Waals surface area contributed by atoms with Gasteiger partial charge in [-0.05, 0) is 13.8 Å². The van der Waals surface area contributed by atoms with Crippen molar-refractivity contribution < 1.29 is 4.74 Å². The highest BCUT2D eigenvalue weighted by molar-refractivity contribution is 5.38. The molecule has 106 valence electrons. The number of nitrogens with two attached hydrogens (primary N) is 1. The minimum absolute atomic E-state index is 0.197. The summed E-state index contributed by atoms with van der Waals surface area (Å²) in [7, 11) is 0. The molecule has 0 unspecified atom stereocenters. The first-order valence-corrected chi connectivity index (χ1v) is 6.42. The van der Waals surface area contributed by atoms with Gasteiger partial charge in [0.1, 0.15) is 6.33 Å². The van der Waals surface area contributed by atoms with E-state index in [1.54, 1.807) is 23.3 Å². The number of nitrogen functional groups attached to an aromatic ring is 1. The number of nitrogens with zero attached hydrogens (tertiary/aromatic N) is 6. The summed E-state index contributed by atoms with van der Waals surface area (Å²) < 4.78 is 7.39. The Bertz CT molecular complexity index is 596. The van der Waals surface area contributed by atoms with Crippen molar-refractivity contribution in [3.63, 3.8) is 0 Å². The molecule has 0 atom stereocenters. The molecule has 3 heterocycles. The van der Waals surface area contributed by atoms with E-state index in [1.807, 2.05) is 13.8 Å². The predicted molar refractivity (Wildman–Crippen MR) is 73.6 cm³/mol. The molecule has 20 heavy (non-hydrogen) atoms. The lowest BCUT2D eigenvalue weighted by Crippen LogP contribution is -2.49. The highest BCUT2D eigenvalue weighted by Gasteiger charge is 2.29. The fourth-order valence-electron chi connectivity index (χ4n) is 2.19. The van der Waals surface area contributed by atoms with Crippen molar-refractivity contribution in [1.82, 2.24) is 24.5 Å². The van der Waals surface area contributed by atoms with Crippen molar-refractivity contribution in [2.24, 2.45) is 0 Å². The van der Waals surface area contributed by atoms with E-state index < -0.39 is 0 Å².